The van der Waals surface area contributed by atoms with Crippen LogP contribution in [0, 0.1) is 0 Å². The third-order valence-corrected chi connectivity index (χ3v) is 7.81. The molecule has 0 aliphatic carbocycles. The number of nitrogens with two attached hydrogens (primary N) is 2. The van der Waals surface area contributed by atoms with Gasteiger partial charge in [0.2, 0.25) is 0 Å². The molecule has 4 aromatic rings. The first-order valence-electron chi connectivity index (χ1n) is 8.64. The molecule has 5 heteroatoms. The van der Waals surface area contributed by atoms with Crippen LogP contribution in [-0.4, -0.2) is 0 Å². The van der Waals surface area contributed by atoms with E-state index in [4.69, 9.17) is 11.5 Å². The van der Waals surface area contributed by atoms with Gasteiger partial charge in [-0.25, -0.2) is 0 Å². The van der Waals surface area contributed by atoms with E-state index in [0.29, 0.717) is 0 Å². The Morgan fingerprint density at radius 3 is 1.44 bits per heavy atom. The van der Waals surface area contributed by atoms with E-state index in [-0.39, 0.29) is 0 Å². The molecule has 2 aromatic carbocycles. The van der Waals surface area contributed by atoms with E-state index in [2.05, 4.69) is 35.0 Å². The summed E-state index contributed by atoms with van der Waals surface area (Å²) in [6, 6.07) is 20.7. The van der Waals surface area contributed by atoms with Gasteiger partial charge in [0.1, 0.15) is 0 Å². The first-order valence-corrected chi connectivity index (χ1v) is 11.6. The van der Waals surface area contributed by atoms with Crippen molar-refractivity contribution in [3.05, 3.63) is 81.2 Å². The van der Waals surface area contributed by atoms with Gasteiger partial charge in [-0.05, 0) is 11.1 Å². The van der Waals surface area contributed by atoms with Gasteiger partial charge in [-0.1, -0.05) is 60.7 Å². The van der Waals surface area contributed by atoms with Crippen molar-refractivity contribution in [2.24, 2.45) is 0 Å². The van der Waals surface area contributed by atoms with E-state index < -0.39 is 0 Å². The van der Waals surface area contributed by atoms with Gasteiger partial charge in [0.15, 0.2) is 0 Å². The molecule has 0 bridgehead atoms. The van der Waals surface area contributed by atoms with Gasteiger partial charge < -0.3 is 11.5 Å². The van der Waals surface area contributed by atoms with Crippen molar-refractivity contribution in [2.45, 2.75) is 11.5 Å². The van der Waals surface area contributed by atoms with Crippen LogP contribution in [-0.2, 0) is 11.5 Å². The molecule has 0 amide bonds. The molecule has 27 heavy (non-hydrogen) atoms. The van der Waals surface area contributed by atoms with Crippen molar-refractivity contribution < 1.29 is 0 Å². The molecule has 4 rings (SSSR count). The van der Waals surface area contributed by atoms with Crippen LogP contribution in [0.3, 0.4) is 0 Å². The van der Waals surface area contributed by atoms with Crippen LogP contribution in [0.25, 0.3) is 22.3 Å². The van der Waals surface area contributed by atoms with Crippen molar-refractivity contribution in [3.8, 4) is 22.3 Å². The zero-order valence-electron chi connectivity index (χ0n) is 14.7. The Bertz CT molecular complexity index is 937. The number of thioether (sulfide) groups is 1. The second-order valence-corrected chi connectivity index (χ2v) is 9.11. The normalized spacial score (nSPS) is 11.0. The second-order valence-electron chi connectivity index (χ2n) is 6.20. The van der Waals surface area contributed by atoms with Crippen molar-refractivity contribution >= 4 is 45.8 Å². The van der Waals surface area contributed by atoms with Gasteiger partial charge in [-0.3, -0.25) is 0 Å². The fourth-order valence-corrected chi connectivity index (χ4v) is 6.31. The number of anilines is 2. The van der Waals surface area contributed by atoms with Crippen LogP contribution < -0.4 is 11.5 Å². The lowest BCUT2D eigenvalue weighted by Crippen LogP contribution is -1.92. The zero-order valence-corrected chi connectivity index (χ0v) is 17.2. The summed E-state index contributed by atoms with van der Waals surface area (Å²) in [5, 5.41) is 4.32. The van der Waals surface area contributed by atoms with Crippen molar-refractivity contribution in [2.75, 3.05) is 11.5 Å². The summed E-state index contributed by atoms with van der Waals surface area (Å²) in [5.41, 5.74) is 19.2. The molecule has 2 aromatic heterocycles. The molecular weight excluding hydrogens is 388 g/mol. The summed E-state index contributed by atoms with van der Waals surface area (Å²) in [7, 11) is 0. The van der Waals surface area contributed by atoms with Crippen LogP contribution >= 0.6 is 34.4 Å². The fraction of sp³-hybridized carbons (Fsp3) is 0.0909. The molecule has 136 valence electrons. The van der Waals surface area contributed by atoms with E-state index in [9.17, 15) is 0 Å². The molecule has 0 saturated heterocycles. The molecule has 4 N–H and O–H groups in total. The third-order valence-electron chi connectivity index (χ3n) is 4.46. The van der Waals surface area contributed by atoms with Crippen LogP contribution in [0.5, 0.6) is 0 Å². The highest BCUT2D eigenvalue weighted by atomic mass is 32.2. The van der Waals surface area contributed by atoms with E-state index in [0.717, 1.165) is 34.0 Å². The van der Waals surface area contributed by atoms with Gasteiger partial charge in [0.05, 0.1) is 11.4 Å². The fourth-order valence-electron chi connectivity index (χ4n) is 2.96. The number of hydrogen-bond acceptors (Lipinski definition) is 5. The average molecular weight is 409 g/mol. The van der Waals surface area contributed by atoms with Crippen LogP contribution in [0.15, 0.2) is 71.4 Å². The number of thiophene rings is 2. The summed E-state index contributed by atoms with van der Waals surface area (Å²) >= 11 is 5.34. The van der Waals surface area contributed by atoms with Crippen molar-refractivity contribution in [3.63, 3.8) is 0 Å². The lowest BCUT2D eigenvalue weighted by Gasteiger charge is -2.04. The van der Waals surface area contributed by atoms with E-state index in [1.807, 2.05) is 48.2 Å². The molecular formula is C22H20N2S3. The van der Waals surface area contributed by atoms with Crippen molar-refractivity contribution in [1.82, 2.24) is 0 Å². The minimum Gasteiger partial charge on any atom is -0.397 e. The number of nitrogen functional groups attached to an aromatic ring is 2. The molecule has 0 aliphatic rings. The van der Waals surface area contributed by atoms with E-state index in [1.54, 1.807) is 22.7 Å². The monoisotopic (exact) mass is 408 g/mol. The maximum atomic E-state index is 6.40. The van der Waals surface area contributed by atoms with Crippen LogP contribution in [0.4, 0.5) is 11.4 Å². The predicted molar refractivity (Wildman–Crippen MR) is 123 cm³/mol. The molecule has 0 atom stereocenters. The Morgan fingerprint density at radius 1 is 0.630 bits per heavy atom. The summed E-state index contributed by atoms with van der Waals surface area (Å²) in [5.74, 6) is 1.81. The summed E-state index contributed by atoms with van der Waals surface area (Å²) in [6.45, 7) is 0. The zero-order chi connectivity index (χ0) is 18.6. The number of rotatable bonds is 6. The number of hydrogen-bond donors (Lipinski definition) is 2. The molecule has 0 aliphatic heterocycles. The Hall–Kier alpha value is -2.21. The molecule has 0 fully saturated rings. The third kappa shape index (κ3) is 3.90. The standard InChI is InChI=1S/C22H20N2S3/c23-21-17(15-7-3-1-4-8-15)11-26-19(21)13-25-14-20-22(24)18(12-27-20)16-9-5-2-6-10-16/h1-12H,13-14,23-24H2. The van der Waals surface area contributed by atoms with Crippen LogP contribution in [0.1, 0.15) is 9.75 Å². The summed E-state index contributed by atoms with van der Waals surface area (Å²) in [6.07, 6.45) is 0. The highest BCUT2D eigenvalue weighted by Crippen LogP contribution is 2.39. The smallest absolute Gasteiger partial charge is 0.0543 e. The first-order chi connectivity index (χ1) is 13.2. The SMILES string of the molecule is Nc1c(-c2ccccc2)csc1CSCc1scc(-c2ccccc2)c1N. The largest absolute Gasteiger partial charge is 0.397 e. The molecule has 0 spiro atoms. The summed E-state index contributed by atoms with van der Waals surface area (Å²) < 4.78 is 0. The molecule has 2 nitrogen and oxygen atoms in total. The van der Waals surface area contributed by atoms with Crippen molar-refractivity contribution in [1.29, 1.82) is 0 Å². The quantitative estimate of drug-likeness (QED) is 0.371. The highest BCUT2D eigenvalue weighted by molar-refractivity contribution is 7.98. The average Bonchev–Trinajstić information content (AvgIpc) is 3.26. The topological polar surface area (TPSA) is 52.0 Å². The Morgan fingerprint density at radius 2 is 1.04 bits per heavy atom. The second kappa shape index (κ2) is 8.21. The van der Waals surface area contributed by atoms with Gasteiger partial charge in [-0.2, -0.15) is 11.8 Å². The highest BCUT2D eigenvalue weighted by Gasteiger charge is 2.13. The minimum absolute atomic E-state index is 0.904. The van der Waals surface area contributed by atoms with Gasteiger partial charge in [0, 0.05) is 43.1 Å². The minimum atomic E-state index is 0.904. The van der Waals surface area contributed by atoms with Gasteiger partial charge in [0.25, 0.3) is 0 Å². The van der Waals surface area contributed by atoms with E-state index >= 15 is 0 Å². The van der Waals surface area contributed by atoms with E-state index in [1.165, 1.54) is 20.9 Å². The van der Waals surface area contributed by atoms with Gasteiger partial charge >= 0.3 is 0 Å². The van der Waals surface area contributed by atoms with Crippen LogP contribution in [0.2, 0.25) is 0 Å². The predicted octanol–water partition coefficient (Wildman–Crippen LogP) is 6.74. The lowest BCUT2D eigenvalue weighted by molar-refractivity contribution is 1.47. The summed E-state index contributed by atoms with van der Waals surface area (Å²) in [4.78, 5) is 2.47. The Kier molecular flexibility index (Phi) is 5.53. The maximum absolute atomic E-state index is 6.40. The first kappa shape index (κ1) is 18.2. The molecule has 0 saturated carbocycles. The Balaban J connectivity index is 1.43. The molecule has 2 heterocycles. The maximum Gasteiger partial charge on any atom is 0.0543 e. The van der Waals surface area contributed by atoms with Gasteiger partial charge in [-0.15, -0.1) is 22.7 Å². The number of benzene rings is 2. The Labute approximate surface area is 171 Å². The molecule has 0 radical (unpaired) electrons. The molecule has 0 unspecified atom stereocenters. The lowest BCUT2D eigenvalue weighted by atomic mass is 10.1.